The van der Waals surface area contributed by atoms with E-state index in [9.17, 15) is 0 Å². The van der Waals surface area contributed by atoms with E-state index in [1.165, 1.54) is 11.0 Å². The van der Waals surface area contributed by atoms with Crippen molar-refractivity contribution in [2.24, 2.45) is 0 Å². The minimum Gasteiger partial charge on any atom is -0.396 e. The first kappa shape index (κ1) is 9.23. The summed E-state index contributed by atoms with van der Waals surface area (Å²) in [6.45, 7) is 0. The molecule has 14 heavy (non-hydrogen) atoms. The normalized spacial score (nSPS) is 10.4. The first-order valence-electron chi connectivity index (χ1n) is 3.67. The summed E-state index contributed by atoms with van der Waals surface area (Å²) in [4.78, 5) is 0. The quantitative estimate of drug-likeness (QED) is 0.754. The standard InChI is InChI=1S/C7H5Cl2N5/c8-4-1-2-5(7(10)6(4)9)14-3-11-12-13-14/h1-3H,10H2. The number of nitrogens with two attached hydrogens (primary N) is 1. The maximum atomic E-state index is 5.86. The molecule has 0 radical (unpaired) electrons. The predicted octanol–water partition coefficient (Wildman–Crippen LogP) is 1.55. The second kappa shape index (κ2) is 3.43. The Morgan fingerprint density at radius 1 is 1.29 bits per heavy atom. The average molecular weight is 230 g/mol. The second-order valence-electron chi connectivity index (χ2n) is 2.55. The maximum Gasteiger partial charge on any atom is 0.143 e. The number of anilines is 1. The minimum atomic E-state index is 0.305. The van der Waals surface area contributed by atoms with Crippen LogP contribution in [0.15, 0.2) is 18.5 Å². The highest BCUT2D eigenvalue weighted by atomic mass is 35.5. The molecular formula is C7H5Cl2N5. The summed E-state index contributed by atoms with van der Waals surface area (Å²) in [6.07, 6.45) is 1.43. The van der Waals surface area contributed by atoms with Gasteiger partial charge >= 0.3 is 0 Å². The molecule has 0 aliphatic carbocycles. The number of rotatable bonds is 1. The van der Waals surface area contributed by atoms with Gasteiger partial charge in [-0.25, -0.2) is 0 Å². The fourth-order valence-electron chi connectivity index (χ4n) is 1.03. The Morgan fingerprint density at radius 3 is 2.71 bits per heavy atom. The topological polar surface area (TPSA) is 69.6 Å². The van der Waals surface area contributed by atoms with Gasteiger partial charge in [0.25, 0.3) is 0 Å². The number of aromatic nitrogens is 4. The lowest BCUT2D eigenvalue weighted by Crippen LogP contribution is -2.01. The first-order valence-corrected chi connectivity index (χ1v) is 4.42. The van der Waals surface area contributed by atoms with Gasteiger partial charge in [-0.05, 0) is 22.6 Å². The molecule has 1 aromatic carbocycles. The van der Waals surface area contributed by atoms with Gasteiger partial charge in [0.2, 0.25) is 0 Å². The molecule has 0 saturated heterocycles. The van der Waals surface area contributed by atoms with Gasteiger partial charge in [0.05, 0.1) is 21.4 Å². The summed E-state index contributed by atoms with van der Waals surface area (Å²) in [5, 5.41) is 11.4. The molecule has 2 aromatic rings. The molecule has 2 rings (SSSR count). The molecule has 0 saturated carbocycles. The van der Waals surface area contributed by atoms with Crippen LogP contribution in [0.25, 0.3) is 5.69 Å². The summed E-state index contributed by atoms with van der Waals surface area (Å²) in [7, 11) is 0. The zero-order valence-corrected chi connectivity index (χ0v) is 8.37. The van der Waals surface area contributed by atoms with E-state index in [0.29, 0.717) is 21.4 Å². The van der Waals surface area contributed by atoms with Crippen molar-refractivity contribution in [3.05, 3.63) is 28.5 Å². The Morgan fingerprint density at radius 2 is 2.07 bits per heavy atom. The van der Waals surface area contributed by atoms with Gasteiger partial charge in [0.15, 0.2) is 0 Å². The Balaban J connectivity index is 2.61. The average Bonchev–Trinajstić information content (AvgIpc) is 2.67. The van der Waals surface area contributed by atoms with Crippen LogP contribution in [0.4, 0.5) is 5.69 Å². The molecule has 0 fully saturated rings. The highest BCUT2D eigenvalue weighted by molar-refractivity contribution is 6.43. The lowest BCUT2D eigenvalue weighted by molar-refractivity contribution is 0.790. The Kier molecular flexibility index (Phi) is 2.26. The lowest BCUT2D eigenvalue weighted by Gasteiger charge is -2.06. The van der Waals surface area contributed by atoms with Crippen LogP contribution in [0, 0.1) is 0 Å². The number of benzene rings is 1. The van der Waals surface area contributed by atoms with Gasteiger partial charge in [0.1, 0.15) is 6.33 Å². The van der Waals surface area contributed by atoms with Gasteiger partial charge in [0, 0.05) is 0 Å². The summed E-state index contributed by atoms with van der Waals surface area (Å²) in [5.41, 5.74) is 6.70. The summed E-state index contributed by atoms with van der Waals surface area (Å²) in [6, 6.07) is 3.33. The van der Waals surface area contributed by atoms with E-state index in [1.54, 1.807) is 12.1 Å². The summed E-state index contributed by atoms with van der Waals surface area (Å²) >= 11 is 11.6. The van der Waals surface area contributed by atoms with Gasteiger partial charge < -0.3 is 5.73 Å². The molecule has 2 N–H and O–H groups in total. The minimum absolute atomic E-state index is 0.305. The molecule has 0 bridgehead atoms. The van der Waals surface area contributed by atoms with Gasteiger partial charge in [-0.15, -0.1) is 5.10 Å². The molecule has 7 heteroatoms. The third kappa shape index (κ3) is 1.40. The zero-order chi connectivity index (χ0) is 10.1. The molecule has 1 heterocycles. The molecule has 0 atom stereocenters. The molecule has 5 nitrogen and oxygen atoms in total. The van der Waals surface area contributed by atoms with Crippen molar-refractivity contribution >= 4 is 28.9 Å². The van der Waals surface area contributed by atoms with Crippen molar-refractivity contribution in [1.82, 2.24) is 20.2 Å². The van der Waals surface area contributed by atoms with Crippen LogP contribution in [0.5, 0.6) is 0 Å². The van der Waals surface area contributed by atoms with E-state index in [4.69, 9.17) is 28.9 Å². The second-order valence-corrected chi connectivity index (χ2v) is 3.33. The highest BCUT2D eigenvalue weighted by Gasteiger charge is 2.09. The van der Waals surface area contributed by atoms with Crippen molar-refractivity contribution in [1.29, 1.82) is 0 Å². The molecule has 0 unspecified atom stereocenters. The highest BCUT2D eigenvalue weighted by Crippen LogP contribution is 2.31. The molecule has 0 amide bonds. The fraction of sp³-hybridized carbons (Fsp3) is 0. The summed E-state index contributed by atoms with van der Waals surface area (Å²) in [5.74, 6) is 0. The molecule has 0 spiro atoms. The first-order chi connectivity index (χ1) is 6.70. The smallest absolute Gasteiger partial charge is 0.143 e. The Bertz CT molecular complexity index is 453. The zero-order valence-electron chi connectivity index (χ0n) is 6.85. The number of nitrogens with zero attached hydrogens (tertiary/aromatic N) is 4. The van der Waals surface area contributed by atoms with Gasteiger partial charge in [-0.3, -0.25) is 0 Å². The third-order valence-corrected chi connectivity index (χ3v) is 2.52. The molecular weight excluding hydrogens is 225 g/mol. The molecule has 1 aromatic heterocycles. The van der Waals surface area contributed by atoms with Crippen LogP contribution in [0.1, 0.15) is 0 Å². The van der Waals surface area contributed by atoms with Crippen molar-refractivity contribution in [3.8, 4) is 5.69 Å². The van der Waals surface area contributed by atoms with E-state index in [2.05, 4.69) is 15.5 Å². The van der Waals surface area contributed by atoms with E-state index < -0.39 is 0 Å². The fourth-order valence-corrected chi connectivity index (χ4v) is 1.35. The van der Waals surface area contributed by atoms with Crippen molar-refractivity contribution < 1.29 is 0 Å². The SMILES string of the molecule is Nc1c(-n2cnnn2)ccc(Cl)c1Cl. The molecule has 72 valence electrons. The van der Waals surface area contributed by atoms with Crippen LogP contribution < -0.4 is 5.73 Å². The van der Waals surface area contributed by atoms with Crippen LogP contribution >= 0.6 is 23.2 Å². The van der Waals surface area contributed by atoms with Crippen LogP contribution in [0.2, 0.25) is 10.0 Å². The van der Waals surface area contributed by atoms with E-state index in [-0.39, 0.29) is 0 Å². The van der Waals surface area contributed by atoms with Crippen molar-refractivity contribution in [3.63, 3.8) is 0 Å². The van der Waals surface area contributed by atoms with Crippen LogP contribution in [-0.2, 0) is 0 Å². The van der Waals surface area contributed by atoms with Gasteiger partial charge in [-0.2, -0.15) is 4.68 Å². The summed E-state index contributed by atoms with van der Waals surface area (Å²) < 4.78 is 1.41. The number of hydrogen-bond donors (Lipinski definition) is 1. The number of tetrazole rings is 1. The Hall–Kier alpha value is -1.33. The van der Waals surface area contributed by atoms with Crippen molar-refractivity contribution in [2.75, 3.05) is 5.73 Å². The largest absolute Gasteiger partial charge is 0.396 e. The van der Waals surface area contributed by atoms with E-state index in [0.717, 1.165) is 0 Å². The number of halogens is 2. The van der Waals surface area contributed by atoms with E-state index >= 15 is 0 Å². The van der Waals surface area contributed by atoms with Gasteiger partial charge in [-0.1, -0.05) is 23.2 Å². The molecule has 0 aliphatic heterocycles. The van der Waals surface area contributed by atoms with Crippen LogP contribution in [0.3, 0.4) is 0 Å². The lowest BCUT2D eigenvalue weighted by atomic mass is 10.3. The Labute approximate surface area is 89.4 Å². The van der Waals surface area contributed by atoms with Crippen molar-refractivity contribution in [2.45, 2.75) is 0 Å². The predicted molar refractivity (Wildman–Crippen MR) is 53.6 cm³/mol. The monoisotopic (exact) mass is 229 g/mol. The third-order valence-electron chi connectivity index (χ3n) is 1.71. The number of nitrogen functional groups attached to an aromatic ring is 1. The molecule has 0 aliphatic rings. The van der Waals surface area contributed by atoms with E-state index in [1.807, 2.05) is 0 Å². The van der Waals surface area contributed by atoms with Crippen LogP contribution in [-0.4, -0.2) is 20.2 Å². The maximum absolute atomic E-state index is 5.86. The number of hydrogen-bond acceptors (Lipinski definition) is 4.